The molecule has 28 heavy (non-hydrogen) atoms. The van der Waals surface area contributed by atoms with E-state index < -0.39 is 5.97 Å². The predicted octanol–water partition coefficient (Wildman–Crippen LogP) is 1.85. The first-order chi connectivity index (χ1) is 13.6. The number of ether oxygens (including phenoxy) is 1. The Balaban J connectivity index is 1.80. The standard InChI is InChI=1S/C18H16N6O4/c1-2-28-13-6-9(10-5-11(18(26)27)8-19-7-10)3-4-12(13)15-20-16-14(17(25)21-15)22-24-23-16/h3-8,22,24H,2H2,1H3,(H,26,27)(H2,20,21,23,25). The zero-order valence-electron chi connectivity index (χ0n) is 14.7. The summed E-state index contributed by atoms with van der Waals surface area (Å²) in [6, 6.07) is 6.85. The fourth-order valence-corrected chi connectivity index (χ4v) is 2.85. The molecule has 4 rings (SSSR count). The van der Waals surface area contributed by atoms with Crippen LogP contribution in [0.25, 0.3) is 22.5 Å². The molecular formula is C18H16N6O4. The van der Waals surface area contributed by atoms with Crippen LogP contribution in [-0.4, -0.2) is 32.6 Å². The maximum atomic E-state index is 12.2. The van der Waals surface area contributed by atoms with Gasteiger partial charge in [-0.25, -0.2) is 9.78 Å². The molecular weight excluding hydrogens is 364 g/mol. The van der Waals surface area contributed by atoms with Crippen LogP contribution >= 0.6 is 0 Å². The number of carboxylic acid groups (broad SMARTS) is 1. The lowest BCUT2D eigenvalue weighted by Gasteiger charge is -2.12. The maximum Gasteiger partial charge on any atom is 0.337 e. The van der Waals surface area contributed by atoms with Gasteiger partial charge in [-0.3, -0.25) is 20.6 Å². The number of carboxylic acids is 1. The van der Waals surface area contributed by atoms with Crippen LogP contribution in [0.5, 0.6) is 5.75 Å². The van der Waals surface area contributed by atoms with Gasteiger partial charge in [0, 0.05) is 18.0 Å². The molecule has 1 aromatic carbocycles. The van der Waals surface area contributed by atoms with Gasteiger partial charge in [0.2, 0.25) is 0 Å². The SMILES string of the molecule is CCOc1cc(-c2cncc(C(=O)O)c2)ccc1-c1nc2c(c(=O)[nH]1)NNN2. The van der Waals surface area contributed by atoms with E-state index in [0.29, 0.717) is 40.8 Å². The van der Waals surface area contributed by atoms with E-state index in [0.717, 1.165) is 5.56 Å². The lowest BCUT2D eigenvalue weighted by atomic mass is 10.0. The summed E-state index contributed by atoms with van der Waals surface area (Å²) in [6.45, 7) is 2.25. The fourth-order valence-electron chi connectivity index (χ4n) is 2.85. The number of H-pyrrole nitrogens is 1. The molecule has 142 valence electrons. The smallest absolute Gasteiger partial charge is 0.337 e. The summed E-state index contributed by atoms with van der Waals surface area (Å²) < 4.78 is 5.74. The van der Waals surface area contributed by atoms with E-state index in [1.54, 1.807) is 24.4 Å². The first-order valence-corrected chi connectivity index (χ1v) is 8.44. The van der Waals surface area contributed by atoms with E-state index in [1.807, 2.05) is 6.92 Å². The van der Waals surface area contributed by atoms with Gasteiger partial charge >= 0.3 is 5.97 Å². The molecule has 0 radical (unpaired) electrons. The number of aromatic carboxylic acids is 1. The molecule has 0 spiro atoms. The molecule has 0 atom stereocenters. The molecule has 3 heterocycles. The van der Waals surface area contributed by atoms with Crippen molar-refractivity contribution in [3.05, 3.63) is 52.6 Å². The van der Waals surface area contributed by atoms with Crippen molar-refractivity contribution in [2.75, 3.05) is 17.5 Å². The predicted molar refractivity (Wildman–Crippen MR) is 102 cm³/mol. The number of pyridine rings is 1. The highest BCUT2D eigenvalue weighted by Gasteiger charge is 2.19. The molecule has 0 unspecified atom stereocenters. The maximum absolute atomic E-state index is 12.2. The third-order valence-corrected chi connectivity index (χ3v) is 4.14. The molecule has 5 N–H and O–H groups in total. The largest absolute Gasteiger partial charge is 0.493 e. The van der Waals surface area contributed by atoms with Crippen LogP contribution in [0.4, 0.5) is 11.5 Å². The second-order valence-corrected chi connectivity index (χ2v) is 5.92. The summed E-state index contributed by atoms with van der Waals surface area (Å²) in [4.78, 5) is 34.5. The van der Waals surface area contributed by atoms with E-state index in [1.165, 1.54) is 12.3 Å². The molecule has 10 heteroatoms. The van der Waals surface area contributed by atoms with Crippen LogP contribution in [0.2, 0.25) is 0 Å². The first kappa shape index (κ1) is 17.5. The summed E-state index contributed by atoms with van der Waals surface area (Å²) in [6.07, 6.45) is 2.87. The van der Waals surface area contributed by atoms with Gasteiger partial charge < -0.3 is 14.8 Å². The number of fused-ring (bicyclic) bond motifs is 1. The van der Waals surface area contributed by atoms with Crippen molar-refractivity contribution in [3.8, 4) is 28.3 Å². The van der Waals surface area contributed by atoms with Crippen LogP contribution in [0.1, 0.15) is 17.3 Å². The Hall–Kier alpha value is -3.92. The highest BCUT2D eigenvalue weighted by molar-refractivity contribution is 5.89. The van der Waals surface area contributed by atoms with Gasteiger partial charge in [0.1, 0.15) is 11.6 Å². The topological polar surface area (TPSA) is 141 Å². The van der Waals surface area contributed by atoms with Crippen LogP contribution in [-0.2, 0) is 0 Å². The first-order valence-electron chi connectivity index (χ1n) is 8.44. The molecule has 0 saturated heterocycles. The lowest BCUT2D eigenvalue weighted by molar-refractivity contribution is 0.0696. The van der Waals surface area contributed by atoms with Crippen LogP contribution < -0.4 is 26.7 Å². The average Bonchev–Trinajstić information content (AvgIpc) is 3.17. The second-order valence-electron chi connectivity index (χ2n) is 5.92. The third-order valence-electron chi connectivity index (χ3n) is 4.14. The highest BCUT2D eigenvalue weighted by atomic mass is 16.5. The van der Waals surface area contributed by atoms with Gasteiger partial charge in [0.05, 0.1) is 17.7 Å². The summed E-state index contributed by atoms with van der Waals surface area (Å²) in [5.41, 5.74) is 10.1. The van der Waals surface area contributed by atoms with E-state index >= 15 is 0 Å². The number of aromatic amines is 1. The molecule has 2 aromatic heterocycles. The number of aromatic nitrogens is 3. The van der Waals surface area contributed by atoms with Crippen molar-refractivity contribution in [2.45, 2.75) is 6.92 Å². The summed E-state index contributed by atoms with van der Waals surface area (Å²) in [7, 11) is 0. The monoisotopic (exact) mass is 380 g/mol. The van der Waals surface area contributed by atoms with E-state index in [2.05, 4.69) is 31.3 Å². The molecule has 0 fully saturated rings. The average molecular weight is 380 g/mol. The Kier molecular flexibility index (Phi) is 4.38. The van der Waals surface area contributed by atoms with Crippen molar-refractivity contribution in [2.24, 2.45) is 0 Å². The summed E-state index contributed by atoms with van der Waals surface area (Å²) >= 11 is 0. The van der Waals surface area contributed by atoms with Crippen LogP contribution in [0.3, 0.4) is 0 Å². The van der Waals surface area contributed by atoms with E-state index in [9.17, 15) is 9.59 Å². The van der Waals surface area contributed by atoms with Crippen molar-refractivity contribution < 1.29 is 14.6 Å². The molecule has 1 aliphatic rings. The number of carbonyl (C=O) groups is 1. The van der Waals surface area contributed by atoms with Crippen molar-refractivity contribution >= 4 is 17.5 Å². The number of hydrogen-bond donors (Lipinski definition) is 5. The molecule has 1 aliphatic heterocycles. The third kappa shape index (κ3) is 3.12. The Labute approximate surface area is 158 Å². The number of anilines is 2. The van der Waals surface area contributed by atoms with Gasteiger partial charge in [-0.05, 0) is 30.7 Å². The van der Waals surface area contributed by atoms with Crippen molar-refractivity contribution in [1.29, 1.82) is 0 Å². The van der Waals surface area contributed by atoms with Crippen LogP contribution in [0, 0.1) is 0 Å². The Morgan fingerprint density at radius 1 is 1.18 bits per heavy atom. The zero-order valence-corrected chi connectivity index (χ0v) is 14.7. The lowest BCUT2D eigenvalue weighted by Crippen LogP contribution is -2.21. The Bertz CT molecular complexity index is 1130. The minimum Gasteiger partial charge on any atom is -0.493 e. The molecule has 10 nitrogen and oxygen atoms in total. The fraction of sp³-hybridized carbons (Fsp3) is 0.111. The van der Waals surface area contributed by atoms with Crippen molar-refractivity contribution in [3.63, 3.8) is 0 Å². The number of hydrazine groups is 2. The quantitative estimate of drug-likeness (QED) is 0.448. The number of nitrogens with one attached hydrogen (secondary N) is 4. The Morgan fingerprint density at radius 3 is 2.82 bits per heavy atom. The number of rotatable bonds is 5. The van der Waals surface area contributed by atoms with E-state index in [-0.39, 0.29) is 11.1 Å². The Morgan fingerprint density at radius 2 is 2.04 bits per heavy atom. The van der Waals surface area contributed by atoms with Crippen LogP contribution in [0.15, 0.2) is 41.5 Å². The molecule has 0 aliphatic carbocycles. The highest BCUT2D eigenvalue weighted by Crippen LogP contribution is 2.33. The molecule has 0 saturated carbocycles. The van der Waals surface area contributed by atoms with Crippen molar-refractivity contribution in [1.82, 2.24) is 20.5 Å². The van der Waals surface area contributed by atoms with Gasteiger partial charge in [-0.15, -0.1) is 5.53 Å². The van der Waals surface area contributed by atoms with Gasteiger partial charge in [-0.1, -0.05) is 6.07 Å². The minimum absolute atomic E-state index is 0.0928. The summed E-state index contributed by atoms with van der Waals surface area (Å²) in [5, 5.41) is 9.17. The van der Waals surface area contributed by atoms with Gasteiger partial charge in [0.25, 0.3) is 5.56 Å². The number of hydrogen-bond acceptors (Lipinski definition) is 8. The van der Waals surface area contributed by atoms with Gasteiger partial charge in [-0.2, -0.15) is 0 Å². The second kappa shape index (κ2) is 7.00. The molecule has 0 amide bonds. The molecule has 0 bridgehead atoms. The van der Waals surface area contributed by atoms with E-state index in [4.69, 9.17) is 9.84 Å². The van der Waals surface area contributed by atoms with Gasteiger partial charge in [0.15, 0.2) is 11.5 Å². The normalized spacial score (nSPS) is 12.0. The molecule has 3 aromatic rings. The minimum atomic E-state index is -1.05. The summed E-state index contributed by atoms with van der Waals surface area (Å²) in [5.74, 6) is 0.172. The number of nitrogens with zero attached hydrogens (tertiary/aromatic N) is 2. The number of benzene rings is 1. The zero-order chi connectivity index (χ0) is 19.7.